The number of hydrogen-bond acceptors (Lipinski definition) is 3. The number of nitrogens with one attached hydrogen (secondary N) is 1. The second-order valence-corrected chi connectivity index (χ2v) is 7.48. The molecule has 1 aliphatic carbocycles. The molecule has 0 bridgehead atoms. The van der Waals surface area contributed by atoms with Gasteiger partial charge in [0.25, 0.3) is 0 Å². The maximum absolute atomic E-state index is 12.4. The van der Waals surface area contributed by atoms with Gasteiger partial charge in [0, 0.05) is 5.92 Å². The Hall–Kier alpha value is -1.88. The summed E-state index contributed by atoms with van der Waals surface area (Å²) >= 11 is 0. The highest BCUT2D eigenvalue weighted by molar-refractivity contribution is 5.79. The Morgan fingerprint density at radius 3 is 2.56 bits per heavy atom. The third-order valence-corrected chi connectivity index (χ3v) is 5.61. The van der Waals surface area contributed by atoms with E-state index in [0.717, 1.165) is 32.4 Å². The van der Waals surface area contributed by atoms with Crippen LogP contribution in [0, 0.1) is 5.92 Å². The van der Waals surface area contributed by atoms with E-state index in [1.54, 1.807) is 0 Å². The van der Waals surface area contributed by atoms with Crippen LogP contribution in [0.1, 0.15) is 55.3 Å². The van der Waals surface area contributed by atoms with Gasteiger partial charge in [-0.2, -0.15) is 0 Å². The molecule has 25 heavy (non-hydrogen) atoms. The first-order valence-electron chi connectivity index (χ1n) is 9.45. The van der Waals surface area contributed by atoms with E-state index in [-0.39, 0.29) is 23.8 Å². The lowest BCUT2D eigenvalue weighted by Crippen LogP contribution is -2.44. The number of nitrogens with zero attached hydrogens (tertiary/aromatic N) is 1. The highest BCUT2D eigenvalue weighted by Gasteiger charge is 2.24. The summed E-state index contributed by atoms with van der Waals surface area (Å²) < 4.78 is 0. The van der Waals surface area contributed by atoms with Gasteiger partial charge in [-0.25, -0.2) is 0 Å². The summed E-state index contributed by atoms with van der Waals surface area (Å²) in [5.41, 5.74) is 9.44. The lowest BCUT2D eigenvalue weighted by atomic mass is 9.89. The van der Waals surface area contributed by atoms with Crippen LogP contribution in [0.15, 0.2) is 18.2 Å². The fraction of sp³-hybridized carbons (Fsp3) is 0.600. The molecular formula is C20H29N3O2. The molecule has 1 saturated heterocycles. The van der Waals surface area contributed by atoms with Gasteiger partial charge in [-0.05, 0) is 75.2 Å². The molecule has 0 unspecified atom stereocenters. The second-order valence-electron chi connectivity index (χ2n) is 7.48. The summed E-state index contributed by atoms with van der Waals surface area (Å²) in [7, 11) is 0. The normalized spacial score (nSPS) is 19.9. The van der Waals surface area contributed by atoms with E-state index >= 15 is 0 Å². The van der Waals surface area contributed by atoms with Gasteiger partial charge in [0.2, 0.25) is 11.8 Å². The molecule has 1 heterocycles. The zero-order valence-corrected chi connectivity index (χ0v) is 15.1. The largest absolute Gasteiger partial charge is 0.369 e. The summed E-state index contributed by atoms with van der Waals surface area (Å²) in [6, 6.07) is 6.65. The van der Waals surface area contributed by atoms with Crippen molar-refractivity contribution in [2.75, 3.05) is 19.6 Å². The van der Waals surface area contributed by atoms with Crippen molar-refractivity contribution in [3.8, 4) is 0 Å². The molecule has 1 aromatic carbocycles. The summed E-state index contributed by atoms with van der Waals surface area (Å²) in [6.45, 7) is 3.95. The Morgan fingerprint density at radius 1 is 1.20 bits per heavy atom. The van der Waals surface area contributed by atoms with Gasteiger partial charge in [-0.3, -0.25) is 14.5 Å². The Kier molecular flexibility index (Phi) is 5.74. The molecule has 2 amide bonds. The highest BCUT2D eigenvalue weighted by atomic mass is 16.2. The van der Waals surface area contributed by atoms with E-state index < -0.39 is 0 Å². The molecule has 3 N–H and O–H groups in total. The van der Waals surface area contributed by atoms with Crippen molar-refractivity contribution < 1.29 is 9.59 Å². The van der Waals surface area contributed by atoms with E-state index in [2.05, 4.69) is 28.4 Å². The van der Waals surface area contributed by atoms with Crippen molar-refractivity contribution in [2.24, 2.45) is 11.7 Å². The molecule has 0 radical (unpaired) electrons. The average Bonchev–Trinajstić information content (AvgIpc) is 2.61. The monoisotopic (exact) mass is 343 g/mol. The third kappa shape index (κ3) is 4.60. The van der Waals surface area contributed by atoms with Crippen LogP contribution in [0.3, 0.4) is 0 Å². The average molecular weight is 343 g/mol. The minimum atomic E-state index is -0.217. The molecule has 3 rings (SSSR count). The van der Waals surface area contributed by atoms with Crippen LogP contribution in [0.4, 0.5) is 0 Å². The van der Waals surface area contributed by atoms with Crippen LogP contribution in [0.2, 0.25) is 0 Å². The zero-order valence-electron chi connectivity index (χ0n) is 15.1. The number of nitrogens with two attached hydrogens (primary N) is 1. The molecule has 1 atom stereocenters. The van der Waals surface area contributed by atoms with Crippen molar-refractivity contribution in [1.82, 2.24) is 10.2 Å². The smallest absolute Gasteiger partial charge is 0.234 e. The summed E-state index contributed by atoms with van der Waals surface area (Å²) in [6.07, 6.45) is 6.38. The predicted octanol–water partition coefficient (Wildman–Crippen LogP) is 1.94. The molecule has 5 nitrogen and oxygen atoms in total. The van der Waals surface area contributed by atoms with Crippen molar-refractivity contribution in [2.45, 2.75) is 51.5 Å². The SMILES string of the molecule is C[C@H](NC(=O)CN1CCC(C(N)=O)CC1)c1ccc2c(c1)CCCC2. The van der Waals surface area contributed by atoms with Crippen molar-refractivity contribution in [1.29, 1.82) is 0 Å². The number of aryl methyl sites for hydroxylation is 2. The first-order chi connectivity index (χ1) is 12.0. The summed E-state index contributed by atoms with van der Waals surface area (Å²) in [5, 5.41) is 3.11. The first kappa shape index (κ1) is 17.9. The maximum atomic E-state index is 12.4. The Bertz CT molecular complexity index is 636. The quantitative estimate of drug-likeness (QED) is 0.858. The van der Waals surface area contributed by atoms with E-state index in [0.29, 0.717) is 6.54 Å². The number of primary amides is 1. The van der Waals surface area contributed by atoms with Crippen LogP contribution in [0.25, 0.3) is 0 Å². The number of rotatable bonds is 5. The number of benzene rings is 1. The molecule has 0 aromatic heterocycles. The van der Waals surface area contributed by atoms with Crippen LogP contribution in [0.5, 0.6) is 0 Å². The van der Waals surface area contributed by atoms with Gasteiger partial charge in [0.15, 0.2) is 0 Å². The Labute approximate surface area is 150 Å². The van der Waals surface area contributed by atoms with E-state index in [9.17, 15) is 9.59 Å². The second kappa shape index (κ2) is 8.00. The molecule has 0 saturated carbocycles. The lowest BCUT2D eigenvalue weighted by Gasteiger charge is -2.30. The first-order valence-corrected chi connectivity index (χ1v) is 9.45. The number of hydrogen-bond donors (Lipinski definition) is 2. The number of carbonyl (C=O) groups excluding carboxylic acids is 2. The summed E-state index contributed by atoms with van der Waals surface area (Å²) in [5.74, 6) is -0.207. The topological polar surface area (TPSA) is 75.4 Å². The minimum Gasteiger partial charge on any atom is -0.369 e. The molecule has 1 aromatic rings. The van der Waals surface area contributed by atoms with Gasteiger partial charge in [0.1, 0.15) is 0 Å². The van der Waals surface area contributed by atoms with Crippen LogP contribution in [-0.4, -0.2) is 36.3 Å². The number of likely N-dealkylation sites (tertiary alicyclic amines) is 1. The van der Waals surface area contributed by atoms with E-state index in [1.807, 2.05) is 6.92 Å². The maximum Gasteiger partial charge on any atom is 0.234 e. The van der Waals surface area contributed by atoms with Crippen molar-refractivity contribution in [3.05, 3.63) is 34.9 Å². The molecular weight excluding hydrogens is 314 g/mol. The number of piperidine rings is 1. The number of carbonyl (C=O) groups is 2. The third-order valence-electron chi connectivity index (χ3n) is 5.61. The van der Waals surface area contributed by atoms with Gasteiger partial charge in [-0.15, -0.1) is 0 Å². The predicted molar refractivity (Wildman–Crippen MR) is 98.0 cm³/mol. The lowest BCUT2D eigenvalue weighted by molar-refractivity contribution is -0.124. The Balaban J connectivity index is 1.50. The van der Waals surface area contributed by atoms with Crippen molar-refractivity contribution in [3.63, 3.8) is 0 Å². The molecule has 1 aliphatic heterocycles. The minimum absolute atomic E-state index is 0.0166. The van der Waals surface area contributed by atoms with Gasteiger partial charge in [0.05, 0.1) is 12.6 Å². The van der Waals surface area contributed by atoms with Crippen LogP contribution < -0.4 is 11.1 Å². The molecule has 136 valence electrons. The standard InChI is InChI=1S/C20H29N3O2/c1-14(17-7-6-15-4-2-3-5-18(15)12-17)22-19(24)13-23-10-8-16(9-11-23)20(21)25/h6-7,12,14,16H,2-5,8-11,13H2,1H3,(H2,21,25)(H,22,24)/t14-/m0/s1. The molecule has 5 heteroatoms. The molecule has 0 spiro atoms. The van der Waals surface area contributed by atoms with E-state index in [4.69, 9.17) is 5.73 Å². The van der Waals surface area contributed by atoms with Gasteiger partial charge >= 0.3 is 0 Å². The highest BCUT2D eigenvalue weighted by Crippen LogP contribution is 2.24. The molecule has 1 fully saturated rings. The molecule has 2 aliphatic rings. The van der Waals surface area contributed by atoms with Gasteiger partial charge in [-0.1, -0.05) is 18.2 Å². The van der Waals surface area contributed by atoms with Crippen molar-refractivity contribution >= 4 is 11.8 Å². The number of fused-ring (bicyclic) bond motifs is 1. The number of amides is 2. The Morgan fingerprint density at radius 2 is 1.88 bits per heavy atom. The van der Waals surface area contributed by atoms with Gasteiger partial charge < -0.3 is 11.1 Å². The van der Waals surface area contributed by atoms with E-state index in [1.165, 1.54) is 36.0 Å². The fourth-order valence-electron chi connectivity index (χ4n) is 3.97. The summed E-state index contributed by atoms with van der Waals surface area (Å²) in [4.78, 5) is 25.7. The van der Waals surface area contributed by atoms with Crippen LogP contribution >= 0.6 is 0 Å². The fourth-order valence-corrected chi connectivity index (χ4v) is 3.97. The zero-order chi connectivity index (χ0) is 17.8. The van der Waals surface area contributed by atoms with Crippen LogP contribution in [-0.2, 0) is 22.4 Å².